The van der Waals surface area contributed by atoms with Crippen molar-refractivity contribution < 1.29 is 21.1 Å². The maximum Gasteiger partial charge on any atom is 0.0378 e. The molecule has 0 aliphatic heterocycles. The van der Waals surface area contributed by atoms with Gasteiger partial charge in [0.15, 0.2) is 0 Å². The molecule has 144 valence electrons. The second kappa shape index (κ2) is 6.24. The third-order valence-corrected chi connectivity index (χ3v) is 6.64. The van der Waals surface area contributed by atoms with E-state index in [0.717, 1.165) is 11.3 Å². The van der Waals surface area contributed by atoms with Crippen LogP contribution >= 0.6 is 0 Å². The van der Waals surface area contributed by atoms with Gasteiger partial charge in [-0.2, -0.15) is 0 Å². The van der Waals surface area contributed by atoms with Crippen LogP contribution < -0.4 is 0 Å². The fourth-order valence-corrected chi connectivity index (χ4v) is 5.64. The first-order valence-corrected chi connectivity index (χ1v) is 10.00. The molecule has 0 atom stereocenters. The van der Waals surface area contributed by atoms with Crippen LogP contribution in [0.5, 0.6) is 0 Å². The van der Waals surface area contributed by atoms with Gasteiger partial charge in [-0.3, -0.25) is 0 Å². The van der Waals surface area contributed by atoms with Crippen molar-refractivity contribution in [2.24, 2.45) is 0 Å². The molecule has 5 aromatic rings. The molecule has 2 aliphatic rings. The van der Waals surface area contributed by atoms with E-state index in [1.165, 1.54) is 44.2 Å². The maximum absolute atomic E-state index is 4.81. The average molecular weight is 562 g/mol. The van der Waals surface area contributed by atoms with Crippen LogP contribution in [0, 0.1) is 6.07 Å². The van der Waals surface area contributed by atoms with Crippen molar-refractivity contribution in [3.63, 3.8) is 0 Å². The molecule has 1 nitrogen and oxygen atoms in total. The van der Waals surface area contributed by atoms with Crippen LogP contribution in [-0.4, -0.2) is 4.98 Å². The molecule has 2 aliphatic carbocycles. The number of hydrogen-bond acceptors (Lipinski definition) is 1. The van der Waals surface area contributed by atoms with Crippen molar-refractivity contribution in [2.45, 2.75) is 5.41 Å². The fourth-order valence-electron chi connectivity index (χ4n) is 5.64. The Morgan fingerprint density at radius 3 is 2.07 bits per heavy atom. The number of benzene rings is 4. The monoisotopic (exact) mass is 561 g/mol. The number of pyridine rings is 1. The Bertz CT molecular complexity index is 1420. The van der Waals surface area contributed by atoms with E-state index in [2.05, 4.69) is 91.0 Å². The first-order valence-electron chi connectivity index (χ1n) is 10.00. The number of aromatic nitrogens is 1. The van der Waals surface area contributed by atoms with Crippen molar-refractivity contribution in [1.82, 2.24) is 4.98 Å². The van der Waals surface area contributed by atoms with Gasteiger partial charge in [-0.1, -0.05) is 66.7 Å². The molecule has 4 aromatic carbocycles. The molecule has 0 bridgehead atoms. The fraction of sp³-hybridized carbons (Fsp3) is 0.0357. The topological polar surface area (TPSA) is 12.9 Å². The SMILES string of the molecule is [Pt].[c-]1cccc2c1-c1nccc3cccc(c13)C21c2ccccc2-c2ccccc21. The van der Waals surface area contributed by atoms with E-state index in [1.807, 2.05) is 12.3 Å². The van der Waals surface area contributed by atoms with Gasteiger partial charge >= 0.3 is 0 Å². The molecule has 30 heavy (non-hydrogen) atoms. The Balaban J connectivity index is 0.00000175. The first-order chi connectivity index (χ1) is 14.4. The molecular formula is C28H16NPt-. The predicted molar refractivity (Wildman–Crippen MR) is 117 cm³/mol. The smallest absolute Gasteiger partial charge is 0.0378 e. The minimum atomic E-state index is -0.337. The molecule has 0 radical (unpaired) electrons. The quantitative estimate of drug-likeness (QED) is 0.196. The zero-order valence-corrected chi connectivity index (χ0v) is 18.3. The molecule has 0 fully saturated rings. The third kappa shape index (κ3) is 1.94. The van der Waals surface area contributed by atoms with Crippen molar-refractivity contribution in [3.8, 4) is 22.4 Å². The van der Waals surface area contributed by atoms with Crippen molar-refractivity contribution in [1.29, 1.82) is 0 Å². The zero-order valence-electron chi connectivity index (χ0n) is 16.0. The molecule has 1 spiro atoms. The van der Waals surface area contributed by atoms with E-state index in [1.54, 1.807) is 0 Å². The molecule has 7 rings (SSSR count). The van der Waals surface area contributed by atoms with Crippen LogP contribution in [0.3, 0.4) is 0 Å². The zero-order chi connectivity index (χ0) is 19.0. The van der Waals surface area contributed by atoms with E-state index in [9.17, 15) is 0 Å². The van der Waals surface area contributed by atoms with Crippen LogP contribution in [0.2, 0.25) is 0 Å². The molecule has 0 saturated carbocycles. The summed E-state index contributed by atoms with van der Waals surface area (Å²) in [6.07, 6.45) is 1.92. The summed E-state index contributed by atoms with van der Waals surface area (Å²) in [5, 5.41) is 2.48. The average Bonchev–Trinajstić information content (AvgIpc) is 3.09. The number of hydrogen-bond donors (Lipinski definition) is 0. The normalized spacial score (nSPS) is 14.0. The summed E-state index contributed by atoms with van der Waals surface area (Å²) in [5.41, 5.74) is 9.76. The van der Waals surface area contributed by atoms with Crippen LogP contribution in [0.1, 0.15) is 22.3 Å². The summed E-state index contributed by atoms with van der Waals surface area (Å²) in [4.78, 5) is 4.81. The Labute approximate surface area is 189 Å². The summed E-state index contributed by atoms with van der Waals surface area (Å²) >= 11 is 0. The van der Waals surface area contributed by atoms with E-state index in [-0.39, 0.29) is 26.5 Å². The van der Waals surface area contributed by atoms with Gasteiger partial charge in [0.1, 0.15) is 0 Å². The molecule has 0 saturated heterocycles. The summed E-state index contributed by atoms with van der Waals surface area (Å²) < 4.78 is 0. The van der Waals surface area contributed by atoms with E-state index in [4.69, 9.17) is 4.98 Å². The number of rotatable bonds is 0. The van der Waals surface area contributed by atoms with E-state index in [0.29, 0.717) is 0 Å². The largest absolute Gasteiger partial charge is 0.304 e. The van der Waals surface area contributed by atoms with Gasteiger partial charge in [-0.15, -0.1) is 35.4 Å². The third-order valence-electron chi connectivity index (χ3n) is 6.64. The van der Waals surface area contributed by atoms with E-state index < -0.39 is 0 Å². The predicted octanol–water partition coefficient (Wildman–Crippen LogP) is 6.38. The molecule has 2 heteroatoms. The van der Waals surface area contributed by atoms with Crippen molar-refractivity contribution in [2.75, 3.05) is 0 Å². The Hall–Kier alpha value is -3.02. The van der Waals surface area contributed by atoms with Crippen LogP contribution in [0.4, 0.5) is 0 Å². The van der Waals surface area contributed by atoms with Crippen molar-refractivity contribution in [3.05, 3.63) is 126 Å². The molecule has 1 heterocycles. The molecule has 1 aromatic heterocycles. The molecule has 0 N–H and O–H groups in total. The standard InChI is InChI=1S/C28H16N.Pt/c1-4-12-22-19(9-1)20-10-2-5-13-23(20)28(22)24-14-6-3-11-21(24)27-26-18(16-17-29-27)8-7-15-25(26)28;/h1-10,12-17H;/q-1;. The van der Waals surface area contributed by atoms with Crippen molar-refractivity contribution >= 4 is 10.8 Å². The molecular weight excluding hydrogens is 545 g/mol. The second-order valence-corrected chi connectivity index (χ2v) is 7.86. The van der Waals surface area contributed by atoms with Gasteiger partial charge in [-0.05, 0) is 50.4 Å². The minimum absolute atomic E-state index is 0. The van der Waals surface area contributed by atoms with Gasteiger partial charge in [-0.25, -0.2) is 0 Å². The van der Waals surface area contributed by atoms with Crippen LogP contribution in [-0.2, 0) is 26.5 Å². The number of fused-ring (bicyclic) bond motifs is 9. The van der Waals surface area contributed by atoms with Gasteiger partial charge in [0.25, 0.3) is 0 Å². The van der Waals surface area contributed by atoms with Gasteiger partial charge < -0.3 is 4.98 Å². The van der Waals surface area contributed by atoms with Gasteiger partial charge in [0.2, 0.25) is 0 Å². The summed E-state index contributed by atoms with van der Waals surface area (Å²) in [6.45, 7) is 0. The Kier molecular flexibility index (Phi) is 3.70. The Morgan fingerprint density at radius 2 is 1.30 bits per heavy atom. The van der Waals surface area contributed by atoms with Crippen LogP contribution in [0.25, 0.3) is 33.2 Å². The van der Waals surface area contributed by atoms with E-state index >= 15 is 0 Å². The van der Waals surface area contributed by atoms with Gasteiger partial charge in [0, 0.05) is 32.7 Å². The summed E-state index contributed by atoms with van der Waals surface area (Å²) in [5.74, 6) is 0. The minimum Gasteiger partial charge on any atom is -0.304 e. The molecule has 0 amide bonds. The molecule has 0 unspecified atom stereocenters. The maximum atomic E-state index is 4.81. The summed E-state index contributed by atoms with van der Waals surface area (Å²) in [7, 11) is 0. The number of nitrogens with zero attached hydrogens (tertiary/aromatic N) is 1. The first kappa shape index (κ1) is 17.8. The second-order valence-electron chi connectivity index (χ2n) is 7.86. The Morgan fingerprint density at radius 1 is 0.633 bits per heavy atom. The van der Waals surface area contributed by atoms with Gasteiger partial charge in [0.05, 0.1) is 0 Å². The summed E-state index contributed by atoms with van der Waals surface area (Å²) in [6, 6.07) is 36.4. The van der Waals surface area contributed by atoms with Crippen LogP contribution in [0.15, 0.2) is 97.2 Å².